The predicted octanol–water partition coefficient (Wildman–Crippen LogP) is 0.935. The molecule has 6 heteroatoms. The quantitative estimate of drug-likeness (QED) is 0.792. The SMILES string of the molecule is COCc1ccc(OC)c(CC(N)C(=O)O)c1F. The Labute approximate surface area is 104 Å². The van der Waals surface area contributed by atoms with Crippen molar-refractivity contribution in [3.8, 4) is 5.75 Å². The van der Waals surface area contributed by atoms with Crippen LogP contribution in [0.1, 0.15) is 11.1 Å². The van der Waals surface area contributed by atoms with Crippen LogP contribution in [0.4, 0.5) is 4.39 Å². The summed E-state index contributed by atoms with van der Waals surface area (Å²) in [6.45, 7) is 0.102. The molecule has 0 saturated heterocycles. The van der Waals surface area contributed by atoms with Gasteiger partial charge in [0.15, 0.2) is 0 Å². The highest BCUT2D eigenvalue weighted by molar-refractivity contribution is 5.73. The lowest BCUT2D eigenvalue weighted by molar-refractivity contribution is -0.138. The van der Waals surface area contributed by atoms with Gasteiger partial charge in [0.2, 0.25) is 0 Å². The molecule has 0 saturated carbocycles. The summed E-state index contributed by atoms with van der Waals surface area (Å²) in [5, 5.41) is 8.76. The smallest absolute Gasteiger partial charge is 0.320 e. The van der Waals surface area contributed by atoms with Gasteiger partial charge in [-0.3, -0.25) is 4.79 Å². The Hall–Kier alpha value is -1.66. The van der Waals surface area contributed by atoms with Gasteiger partial charge in [-0.1, -0.05) is 6.07 Å². The van der Waals surface area contributed by atoms with Crippen LogP contribution in [0.3, 0.4) is 0 Å². The molecule has 1 atom stereocenters. The molecule has 100 valence electrons. The molecule has 0 heterocycles. The summed E-state index contributed by atoms with van der Waals surface area (Å²) in [6, 6.07) is 1.93. The summed E-state index contributed by atoms with van der Waals surface area (Å²) in [5.41, 5.74) is 5.91. The van der Waals surface area contributed by atoms with E-state index in [2.05, 4.69) is 0 Å². The van der Waals surface area contributed by atoms with Crippen LogP contribution in [0.5, 0.6) is 5.75 Å². The lowest BCUT2D eigenvalue weighted by atomic mass is 10.0. The fourth-order valence-corrected chi connectivity index (χ4v) is 1.61. The number of ether oxygens (including phenoxy) is 2. The Bertz CT molecular complexity index is 436. The molecule has 18 heavy (non-hydrogen) atoms. The summed E-state index contributed by atoms with van der Waals surface area (Å²) in [4.78, 5) is 10.7. The molecule has 3 N–H and O–H groups in total. The zero-order chi connectivity index (χ0) is 13.7. The summed E-state index contributed by atoms with van der Waals surface area (Å²) < 4.78 is 24.0. The summed E-state index contributed by atoms with van der Waals surface area (Å²) in [6.07, 6.45) is -0.137. The van der Waals surface area contributed by atoms with Crippen molar-refractivity contribution in [2.24, 2.45) is 5.73 Å². The third-order valence-electron chi connectivity index (χ3n) is 2.54. The molecule has 0 radical (unpaired) electrons. The number of halogens is 1. The molecule has 0 aromatic heterocycles. The van der Waals surface area contributed by atoms with Crippen LogP contribution in [-0.2, 0) is 22.6 Å². The van der Waals surface area contributed by atoms with Gasteiger partial charge in [0.05, 0.1) is 13.7 Å². The van der Waals surface area contributed by atoms with E-state index in [-0.39, 0.29) is 24.3 Å². The van der Waals surface area contributed by atoms with Gasteiger partial charge in [-0.15, -0.1) is 0 Å². The number of nitrogens with two attached hydrogens (primary N) is 1. The maximum atomic E-state index is 14.1. The van der Waals surface area contributed by atoms with Gasteiger partial charge < -0.3 is 20.3 Å². The minimum absolute atomic E-state index is 0.102. The molecular weight excluding hydrogens is 241 g/mol. The van der Waals surface area contributed by atoms with Crippen molar-refractivity contribution in [3.05, 3.63) is 29.1 Å². The molecule has 0 aliphatic rings. The van der Waals surface area contributed by atoms with Crippen LogP contribution in [0.15, 0.2) is 12.1 Å². The van der Waals surface area contributed by atoms with Crippen molar-refractivity contribution < 1.29 is 23.8 Å². The largest absolute Gasteiger partial charge is 0.496 e. The van der Waals surface area contributed by atoms with Crippen molar-refractivity contribution in [2.75, 3.05) is 14.2 Å². The van der Waals surface area contributed by atoms with E-state index in [4.69, 9.17) is 20.3 Å². The molecule has 1 aromatic carbocycles. The number of rotatable bonds is 6. The zero-order valence-corrected chi connectivity index (χ0v) is 10.3. The van der Waals surface area contributed by atoms with E-state index in [1.165, 1.54) is 20.3 Å². The number of hydrogen-bond donors (Lipinski definition) is 2. The van der Waals surface area contributed by atoms with Crippen molar-refractivity contribution >= 4 is 5.97 Å². The molecule has 1 unspecified atom stereocenters. The molecule has 0 fully saturated rings. The number of aliphatic carboxylic acids is 1. The second-order valence-electron chi connectivity index (χ2n) is 3.80. The highest BCUT2D eigenvalue weighted by atomic mass is 19.1. The molecule has 1 aromatic rings. The van der Waals surface area contributed by atoms with Gasteiger partial charge in [-0.2, -0.15) is 0 Å². The number of hydrogen-bond acceptors (Lipinski definition) is 4. The van der Waals surface area contributed by atoms with Crippen molar-refractivity contribution in [3.63, 3.8) is 0 Å². The van der Waals surface area contributed by atoms with Gasteiger partial charge >= 0.3 is 5.97 Å². The summed E-state index contributed by atoms with van der Waals surface area (Å²) in [7, 11) is 2.84. The zero-order valence-electron chi connectivity index (χ0n) is 10.3. The van der Waals surface area contributed by atoms with Gasteiger partial charge in [0.25, 0.3) is 0 Å². The third-order valence-corrected chi connectivity index (χ3v) is 2.54. The number of benzene rings is 1. The van der Waals surface area contributed by atoms with Crippen LogP contribution in [0.2, 0.25) is 0 Å². The Morgan fingerprint density at radius 1 is 1.50 bits per heavy atom. The number of carbonyl (C=O) groups is 1. The maximum Gasteiger partial charge on any atom is 0.320 e. The van der Waals surface area contributed by atoms with Crippen molar-refractivity contribution in [1.29, 1.82) is 0 Å². The Kier molecular flexibility index (Phi) is 5.06. The molecular formula is C12H16FNO4. The van der Waals surface area contributed by atoms with Crippen molar-refractivity contribution in [2.45, 2.75) is 19.1 Å². The first kappa shape index (κ1) is 14.4. The normalized spacial score (nSPS) is 12.2. The Morgan fingerprint density at radius 3 is 2.67 bits per heavy atom. The van der Waals surface area contributed by atoms with Gasteiger partial charge in [0, 0.05) is 24.7 Å². The van der Waals surface area contributed by atoms with Crippen molar-refractivity contribution in [1.82, 2.24) is 0 Å². The first-order valence-electron chi connectivity index (χ1n) is 5.32. The highest BCUT2D eigenvalue weighted by Gasteiger charge is 2.20. The molecule has 0 bridgehead atoms. The van der Waals surface area contributed by atoms with E-state index in [1.54, 1.807) is 6.07 Å². The summed E-state index contributed by atoms with van der Waals surface area (Å²) in [5.74, 6) is -1.44. The van der Waals surface area contributed by atoms with Crippen LogP contribution < -0.4 is 10.5 Å². The minimum atomic E-state index is -1.19. The lowest BCUT2D eigenvalue weighted by Crippen LogP contribution is -2.32. The van der Waals surface area contributed by atoms with Gasteiger partial charge in [-0.05, 0) is 6.07 Å². The molecule has 0 spiro atoms. The van der Waals surface area contributed by atoms with Crippen LogP contribution in [-0.4, -0.2) is 31.3 Å². The average molecular weight is 257 g/mol. The van der Waals surface area contributed by atoms with Gasteiger partial charge in [0.1, 0.15) is 17.6 Å². The van der Waals surface area contributed by atoms with E-state index >= 15 is 0 Å². The van der Waals surface area contributed by atoms with E-state index in [0.29, 0.717) is 5.56 Å². The predicted molar refractivity (Wildman–Crippen MR) is 63.0 cm³/mol. The monoisotopic (exact) mass is 257 g/mol. The second-order valence-corrected chi connectivity index (χ2v) is 3.80. The van der Waals surface area contributed by atoms with Gasteiger partial charge in [-0.25, -0.2) is 4.39 Å². The molecule has 1 rings (SSSR count). The fraction of sp³-hybridized carbons (Fsp3) is 0.417. The topological polar surface area (TPSA) is 81.8 Å². The number of carboxylic acid groups (broad SMARTS) is 1. The first-order valence-corrected chi connectivity index (χ1v) is 5.32. The maximum absolute atomic E-state index is 14.1. The third kappa shape index (κ3) is 3.18. The lowest BCUT2D eigenvalue weighted by Gasteiger charge is -2.14. The highest BCUT2D eigenvalue weighted by Crippen LogP contribution is 2.26. The fourth-order valence-electron chi connectivity index (χ4n) is 1.61. The van der Waals surface area contributed by atoms with E-state index in [9.17, 15) is 9.18 Å². The summed E-state index contributed by atoms with van der Waals surface area (Å²) >= 11 is 0. The Morgan fingerprint density at radius 2 is 2.17 bits per heavy atom. The first-order chi connectivity index (χ1) is 8.51. The van der Waals surface area contributed by atoms with E-state index in [0.717, 1.165) is 0 Å². The molecule has 5 nitrogen and oxygen atoms in total. The molecule has 0 aliphatic heterocycles. The van der Waals surface area contributed by atoms with Crippen LogP contribution >= 0.6 is 0 Å². The average Bonchev–Trinajstić information content (AvgIpc) is 2.34. The minimum Gasteiger partial charge on any atom is -0.496 e. The van der Waals surface area contributed by atoms with E-state index in [1.807, 2.05) is 0 Å². The molecule has 0 aliphatic carbocycles. The second kappa shape index (κ2) is 6.32. The van der Waals surface area contributed by atoms with Crippen LogP contribution in [0, 0.1) is 5.82 Å². The Balaban J connectivity index is 3.12. The van der Waals surface area contributed by atoms with Crippen LogP contribution in [0.25, 0.3) is 0 Å². The number of carboxylic acids is 1. The number of methoxy groups -OCH3 is 2. The molecule has 0 amide bonds. The standard InChI is InChI=1S/C12H16FNO4/c1-17-6-7-3-4-10(18-2)8(11(7)13)5-9(14)12(15)16/h3-4,9H,5-6,14H2,1-2H3,(H,15,16). The van der Waals surface area contributed by atoms with E-state index < -0.39 is 17.8 Å².